The van der Waals surface area contributed by atoms with Gasteiger partial charge in [0.05, 0.1) is 0 Å². The molecule has 0 bridgehead atoms. The molecule has 0 aromatic carbocycles. The molecule has 2 aliphatic rings. The molecule has 2 nitrogen and oxygen atoms in total. The molecular formula is C11H11FN2. The molecule has 0 amide bonds. The molecule has 1 aliphatic heterocycles. The quantitative estimate of drug-likeness (QED) is 0.680. The third-order valence-electron chi connectivity index (χ3n) is 3.11. The zero-order valence-electron chi connectivity index (χ0n) is 7.70. The highest BCUT2D eigenvalue weighted by molar-refractivity contribution is 5.72. The van der Waals surface area contributed by atoms with Gasteiger partial charge in [0.2, 0.25) is 5.95 Å². The summed E-state index contributed by atoms with van der Waals surface area (Å²) in [4.78, 5) is 3.67. The lowest BCUT2D eigenvalue weighted by atomic mass is 9.89. The minimum absolute atomic E-state index is 0.412. The molecule has 3 rings (SSSR count). The van der Waals surface area contributed by atoms with E-state index in [1.54, 1.807) is 12.3 Å². The molecule has 2 atom stereocenters. The summed E-state index contributed by atoms with van der Waals surface area (Å²) in [5, 5.41) is 3.38. The number of hydrogen-bond acceptors (Lipinski definition) is 2. The van der Waals surface area contributed by atoms with Crippen molar-refractivity contribution in [1.82, 2.24) is 10.3 Å². The van der Waals surface area contributed by atoms with Crippen LogP contribution in [0.1, 0.15) is 12.0 Å². The van der Waals surface area contributed by atoms with Crippen molar-refractivity contribution in [2.24, 2.45) is 5.92 Å². The molecule has 14 heavy (non-hydrogen) atoms. The number of fused-ring (bicyclic) bond motifs is 1. The van der Waals surface area contributed by atoms with Gasteiger partial charge in [0.1, 0.15) is 0 Å². The summed E-state index contributed by atoms with van der Waals surface area (Å²) in [5.74, 6) is 0.348. The van der Waals surface area contributed by atoms with Gasteiger partial charge in [0.25, 0.3) is 0 Å². The van der Waals surface area contributed by atoms with Crippen molar-refractivity contribution in [3.05, 3.63) is 35.9 Å². The van der Waals surface area contributed by atoms with Crippen LogP contribution in [0.4, 0.5) is 4.39 Å². The van der Waals surface area contributed by atoms with Gasteiger partial charge < -0.3 is 5.32 Å². The average molecular weight is 190 g/mol. The largest absolute Gasteiger partial charge is 0.309 e. The number of allylic oxidation sites excluding steroid dienone is 1. The monoisotopic (exact) mass is 190 g/mol. The lowest BCUT2D eigenvalue weighted by molar-refractivity contribution is 0.306. The maximum absolute atomic E-state index is 12.6. The second-order valence-corrected chi connectivity index (χ2v) is 3.91. The van der Waals surface area contributed by atoms with Crippen molar-refractivity contribution in [2.75, 3.05) is 6.54 Å². The fraction of sp³-hybridized carbons (Fsp3) is 0.364. The molecular weight excluding hydrogens is 179 g/mol. The smallest absolute Gasteiger partial charge is 0.212 e. The van der Waals surface area contributed by atoms with Gasteiger partial charge in [-0.05, 0) is 35.6 Å². The number of nitrogens with zero attached hydrogens (tertiary/aromatic N) is 1. The van der Waals surface area contributed by atoms with Gasteiger partial charge in [-0.1, -0.05) is 6.08 Å². The predicted molar refractivity (Wildman–Crippen MR) is 52.1 cm³/mol. The van der Waals surface area contributed by atoms with E-state index in [1.807, 2.05) is 0 Å². The molecule has 1 saturated heterocycles. The van der Waals surface area contributed by atoms with Crippen molar-refractivity contribution in [2.45, 2.75) is 12.5 Å². The van der Waals surface area contributed by atoms with Crippen LogP contribution in [0, 0.1) is 11.9 Å². The van der Waals surface area contributed by atoms with Gasteiger partial charge in [-0.25, -0.2) is 4.98 Å². The van der Waals surface area contributed by atoms with Crippen LogP contribution in [-0.2, 0) is 0 Å². The summed E-state index contributed by atoms with van der Waals surface area (Å²) in [6.45, 7) is 1.11. The van der Waals surface area contributed by atoms with E-state index in [-0.39, 0.29) is 0 Å². The number of pyridine rings is 1. The number of rotatable bonds is 1. The van der Waals surface area contributed by atoms with Crippen molar-refractivity contribution in [1.29, 1.82) is 0 Å². The standard InChI is InChI=1S/C11H11FN2/c12-10-4-2-7(5-13-10)9-3-1-8-6-14-11(8)9/h2-5,8,11,14H,1,6H2. The Hall–Kier alpha value is -1.22. The van der Waals surface area contributed by atoms with E-state index in [2.05, 4.69) is 16.4 Å². The normalized spacial score (nSPS) is 29.4. The third-order valence-corrected chi connectivity index (χ3v) is 3.11. The second-order valence-electron chi connectivity index (χ2n) is 3.91. The molecule has 3 heteroatoms. The number of nitrogens with one attached hydrogen (secondary N) is 1. The Morgan fingerprint density at radius 3 is 2.93 bits per heavy atom. The molecule has 0 radical (unpaired) electrons. The topological polar surface area (TPSA) is 24.9 Å². The Morgan fingerprint density at radius 1 is 1.43 bits per heavy atom. The predicted octanol–water partition coefficient (Wildman–Crippen LogP) is 1.60. The van der Waals surface area contributed by atoms with Crippen molar-refractivity contribution in [3.63, 3.8) is 0 Å². The van der Waals surface area contributed by atoms with Gasteiger partial charge in [-0.15, -0.1) is 0 Å². The Kier molecular flexibility index (Phi) is 1.67. The first-order valence-corrected chi connectivity index (χ1v) is 4.90. The highest BCUT2D eigenvalue weighted by Gasteiger charge is 2.36. The van der Waals surface area contributed by atoms with Gasteiger partial charge in [0.15, 0.2) is 0 Å². The van der Waals surface area contributed by atoms with Crippen LogP contribution < -0.4 is 5.32 Å². The lowest BCUT2D eigenvalue weighted by Crippen LogP contribution is -2.50. The van der Waals surface area contributed by atoms with Crippen LogP contribution in [0.15, 0.2) is 24.4 Å². The molecule has 72 valence electrons. The molecule has 1 fully saturated rings. The van der Waals surface area contributed by atoms with E-state index in [4.69, 9.17) is 0 Å². The highest BCUT2D eigenvalue weighted by Crippen LogP contribution is 2.36. The van der Waals surface area contributed by atoms with E-state index < -0.39 is 5.95 Å². The molecule has 0 spiro atoms. The van der Waals surface area contributed by atoms with Crippen molar-refractivity contribution in [3.8, 4) is 0 Å². The fourth-order valence-electron chi connectivity index (χ4n) is 2.23. The first kappa shape index (κ1) is 8.12. The maximum Gasteiger partial charge on any atom is 0.212 e. The van der Waals surface area contributed by atoms with E-state index in [0.29, 0.717) is 6.04 Å². The molecule has 1 aromatic heterocycles. The van der Waals surface area contributed by atoms with Crippen molar-refractivity contribution >= 4 is 5.57 Å². The molecule has 1 aromatic rings. The van der Waals surface area contributed by atoms with Crippen LogP contribution in [0.5, 0.6) is 0 Å². The zero-order valence-corrected chi connectivity index (χ0v) is 7.70. The van der Waals surface area contributed by atoms with Gasteiger partial charge in [0, 0.05) is 18.8 Å². The summed E-state index contributed by atoms with van der Waals surface area (Å²) in [6, 6.07) is 3.71. The molecule has 1 N–H and O–H groups in total. The Balaban J connectivity index is 1.92. The molecule has 0 saturated carbocycles. The van der Waals surface area contributed by atoms with Gasteiger partial charge in [-0.3, -0.25) is 0 Å². The summed E-state index contributed by atoms with van der Waals surface area (Å²) < 4.78 is 12.6. The van der Waals surface area contributed by atoms with E-state index in [9.17, 15) is 4.39 Å². The molecule has 1 aliphatic carbocycles. The van der Waals surface area contributed by atoms with E-state index in [0.717, 1.165) is 24.4 Å². The minimum Gasteiger partial charge on any atom is -0.309 e. The Bertz CT molecular complexity index is 383. The van der Waals surface area contributed by atoms with E-state index >= 15 is 0 Å². The molecule has 2 heterocycles. The number of hydrogen-bond donors (Lipinski definition) is 1. The van der Waals surface area contributed by atoms with E-state index in [1.165, 1.54) is 11.6 Å². The Labute approximate surface area is 81.9 Å². The van der Waals surface area contributed by atoms with Crippen LogP contribution in [0.25, 0.3) is 5.57 Å². The SMILES string of the molecule is Fc1ccc(C2=CCC3CNC23)cn1. The van der Waals surface area contributed by atoms with Crippen LogP contribution in [0.2, 0.25) is 0 Å². The zero-order chi connectivity index (χ0) is 9.54. The first-order valence-electron chi connectivity index (χ1n) is 4.90. The molecule has 2 unspecified atom stereocenters. The second kappa shape index (κ2) is 2.89. The van der Waals surface area contributed by atoms with Crippen LogP contribution in [0.3, 0.4) is 0 Å². The summed E-state index contributed by atoms with van der Waals surface area (Å²) in [6.07, 6.45) is 5.00. The van der Waals surface area contributed by atoms with Crippen molar-refractivity contribution < 1.29 is 4.39 Å². The number of halogens is 1. The van der Waals surface area contributed by atoms with Gasteiger partial charge in [-0.2, -0.15) is 4.39 Å². The summed E-state index contributed by atoms with van der Waals surface area (Å²) in [5.41, 5.74) is 2.33. The highest BCUT2D eigenvalue weighted by atomic mass is 19.1. The minimum atomic E-state index is -0.412. The maximum atomic E-state index is 12.6. The Morgan fingerprint density at radius 2 is 2.36 bits per heavy atom. The number of aromatic nitrogens is 1. The summed E-state index contributed by atoms with van der Waals surface area (Å²) >= 11 is 0. The van der Waals surface area contributed by atoms with Crippen LogP contribution >= 0.6 is 0 Å². The van der Waals surface area contributed by atoms with Crippen LogP contribution in [-0.4, -0.2) is 17.6 Å². The lowest BCUT2D eigenvalue weighted by Gasteiger charge is -2.34. The average Bonchev–Trinajstić information content (AvgIpc) is 2.43. The first-order chi connectivity index (χ1) is 6.84. The summed E-state index contributed by atoms with van der Waals surface area (Å²) in [7, 11) is 0. The van der Waals surface area contributed by atoms with Gasteiger partial charge >= 0.3 is 0 Å². The third kappa shape index (κ3) is 1.09. The fourth-order valence-corrected chi connectivity index (χ4v) is 2.23.